The van der Waals surface area contributed by atoms with Crippen molar-refractivity contribution in [3.8, 4) is 0 Å². The molecule has 0 saturated heterocycles. The number of aryl methyl sites for hydroxylation is 2. The molecule has 2 aromatic heterocycles. The van der Waals surface area contributed by atoms with E-state index in [0.29, 0.717) is 27.5 Å². The maximum absolute atomic E-state index is 13.8. The minimum absolute atomic E-state index is 0.279. The maximum Gasteiger partial charge on any atom is 0.258 e. The highest BCUT2D eigenvalue weighted by molar-refractivity contribution is 6.10. The van der Waals surface area contributed by atoms with Crippen LogP contribution in [0.15, 0.2) is 53.5 Å². The van der Waals surface area contributed by atoms with Crippen LogP contribution in [-0.2, 0) is 0 Å². The smallest absolute Gasteiger partial charge is 0.258 e. The molecule has 5 heteroatoms. The van der Waals surface area contributed by atoms with Gasteiger partial charge in [-0.05, 0) is 61.4 Å². The Balaban J connectivity index is 2.01. The molecule has 0 aliphatic carbocycles. The number of fused-ring (bicyclic) bond motifs is 3. The second kappa shape index (κ2) is 5.70. The number of hydrogen-bond donors (Lipinski definition) is 2. The van der Waals surface area contributed by atoms with Gasteiger partial charge in [0.05, 0.1) is 10.9 Å². The third-order valence-electron chi connectivity index (χ3n) is 4.16. The Bertz CT molecular complexity index is 1160. The van der Waals surface area contributed by atoms with E-state index in [-0.39, 0.29) is 11.4 Å². The van der Waals surface area contributed by atoms with Crippen molar-refractivity contribution >= 4 is 33.2 Å². The Kier molecular flexibility index (Phi) is 3.50. The quantitative estimate of drug-likeness (QED) is 0.528. The Morgan fingerprint density at radius 2 is 1.76 bits per heavy atom. The number of nitrogens with one attached hydrogen (secondary N) is 2. The molecule has 25 heavy (non-hydrogen) atoms. The zero-order chi connectivity index (χ0) is 17.6. The van der Waals surface area contributed by atoms with E-state index in [0.717, 1.165) is 16.8 Å². The number of aromatic amines is 1. The van der Waals surface area contributed by atoms with Crippen LogP contribution in [0.1, 0.15) is 11.1 Å². The van der Waals surface area contributed by atoms with Crippen LogP contribution in [0, 0.1) is 19.7 Å². The van der Waals surface area contributed by atoms with Crippen molar-refractivity contribution in [2.75, 3.05) is 5.32 Å². The predicted molar refractivity (Wildman–Crippen MR) is 99.0 cm³/mol. The molecule has 124 valence electrons. The van der Waals surface area contributed by atoms with Gasteiger partial charge in [-0.2, -0.15) is 0 Å². The van der Waals surface area contributed by atoms with E-state index in [4.69, 9.17) is 0 Å². The fourth-order valence-corrected chi connectivity index (χ4v) is 3.21. The highest BCUT2D eigenvalue weighted by Gasteiger charge is 2.12. The second-order valence-electron chi connectivity index (χ2n) is 6.22. The fourth-order valence-electron chi connectivity index (χ4n) is 3.21. The van der Waals surface area contributed by atoms with Gasteiger partial charge in [-0.3, -0.25) is 4.79 Å². The molecule has 0 saturated carbocycles. The second-order valence-corrected chi connectivity index (χ2v) is 6.22. The van der Waals surface area contributed by atoms with Gasteiger partial charge in [0.1, 0.15) is 11.6 Å². The molecule has 0 aliphatic heterocycles. The summed E-state index contributed by atoms with van der Waals surface area (Å²) in [7, 11) is 0. The number of halogens is 1. The van der Waals surface area contributed by atoms with Crippen molar-refractivity contribution in [2.24, 2.45) is 0 Å². The standard InChI is InChI=1S/C20H16FN3O/c1-11-7-12(2)9-14(8-11)23-19-15-4-3-13(21)10-16(15)18-17(24-19)5-6-22-20(18)25/h3-10H,1-2H3,(H,22,25)(H,23,24). The lowest BCUT2D eigenvalue weighted by Crippen LogP contribution is -2.07. The van der Waals surface area contributed by atoms with Crippen LogP contribution in [0.2, 0.25) is 0 Å². The third kappa shape index (κ3) is 2.74. The predicted octanol–water partition coefficient (Wildman–Crippen LogP) is 4.58. The summed E-state index contributed by atoms with van der Waals surface area (Å²) in [5.74, 6) is 0.207. The third-order valence-corrected chi connectivity index (χ3v) is 4.16. The van der Waals surface area contributed by atoms with Crippen molar-refractivity contribution in [2.45, 2.75) is 13.8 Å². The maximum atomic E-state index is 13.8. The Hall–Kier alpha value is -3.21. The van der Waals surface area contributed by atoms with Crippen molar-refractivity contribution in [1.29, 1.82) is 0 Å². The first-order chi connectivity index (χ1) is 12.0. The average Bonchev–Trinajstić information content (AvgIpc) is 2.53. The average molecular weight is 333 g/mol. The molecular weight excluding hydrogens is 317 g/mol. The van der Waals surface area contributed by atoms with E-state index in [1.807, 2.05) is 26.0 Å². The topological polar surface area (TPSA) is 57.8 Å². The van der Waals surface area contributed by atoms with Crippen LogP contribution in [0.25, 0.3) is 21.7 Å². The number of nitrogens with zero attached hydrogens (tertiary/aromatic N) is 1. The summed E-state index contributed by atoms with van der Waals surface area (Å²) < 4.78 is 13.8. The fraction of sp³-hybridized carbons (Fsp3) is 0.100. The lowest BCUT2D eigenvalue weighted by atomic mass is 10.1. The molecule has 2 aromatic carbocycles. The molecule has 4 rings (SSSR count). The van der Waals surface area contributed by atoms with Crippen LogP contribution in [0.4, 0.5) is 15.9 Å². The molecule has 2 N–H and O–H groups in total. The van der Waals surface area contributed by atoms with Crippen LogP contribution < -0.4 is 10.9 Å². The molecule has 4 nitrogen and oxygen atoms in total. The molecule has 0 spiro atoms. The molecule has 0 unspecified atom stereocenters. The summed E-state index contributed by atoms with van der Waals surface area (Å²) in [5, 5.41) is 4.94. The number of H-pyrrole nitrogens is 1. The van der Waals surface area contributed by atoms with Crippen LogP contribution in [0.3, 0.4) is 0 Å². The SMILES string of the molecule is Cc1cc(C)cc(Nc2nc3cc[nH]c(=O)c3c3cc(F)ccc23)c1. The van der Waals surface area contributed by atoms with Crippen molar-refractivity contribution in [3.05, 3.63) is 76.0 Å². The molecule has 0 fully saturated rings. The normalized spacial score (nSPS) is 11.2. The van der Waals surface area contributed by atoms with Crippen LogP contribution in [-0.4, -0.2) is 9.97 Å². The molecule has 4 aromatic rings. The number of anilines is 2. The van der Waals surface area contributed by atoms with Gasteiger partial charge < -0.3 is 10.3 Å². The summed E-state index contributed by atoms with van der Waals surface area (Å²) >= 11 is 0. The van der Waals surface area contributed by atoms with Gasteiger partial charge in [-0.1, -0.05) is 6.07 Å². The first-order valence-electron chi connectivity index (χ1n) is 7.97. The number of aromatic nitrogens is 2. The van der Waals surface area contributed by atoms with Gasteiger partial charge in [0.25, 0.3) is 5.56 Å². The van der Waals surface area contributed by atoms with Crippen LogP contribution in [0.5, 0.6) is 0 Å². The molecular formula is C20H16FN3O. The van der Waals surface area contributed by atoms with Crippen molar-refractivity contribution < 1.29 is 4.39 Å². The van der Waals surface area contributed by atoms with Gasteiger partial charge in [0.15, 0.2) is 0 Å². The summed E-state index contributed by atoms with van der Waals surface area (Å²) in [6.07, 6.45) is 1.55. The summed E-state index contributed by atoms with van der Waals surface area (Å²) in [5.41, 5.74) is 3.41. The van der Waals surface area contributed by atoms with Gasteiger partial charge in [0.2, 0.25) is 0 Å². The molecule has 0 radical (unpaired) electrons. The molecule has 2 heterocycles. The largest absolute Gasteiger partial charge is 0.340 e. The number of pyridine rings is 2. The van der Waals surface area contributed by atoms with E-state index in [2.05, 4.69) is 21.4 Å². The summed E-state index contributed by atoms with van der Waals surface area (Å²) in [4.78, 5) is 19.5. The number of hydrogen-bond acceptors (Lipinski definition) is 3. The van der Waals surface area contributed by atoms with E-state index in [9.17, 15) is 9.18 Å². The molecule has 0 amide bonds. The van der Waals surface area contributed by atoms with Gasteiger partial charge in [-0.25, -0.2) is 9.37 Å². The van der Waals surface area contributed by atoms with Crippen molar-refractivity contribution in [3.63, 3.8) is 0 Å². The van der Waals surface area contributed by atoms with E-state index in [1.54, 1.807) is 18.3 Å². The van der Waals surface area contributed by atoms with Gasteiger partial charge in [0, 0.05) is 22.7 Å². The number of rotatable bonds is 2. The number of benzene rings is 2. The van der Waals surface area contributed by atoms with Gasteiger partial charge >= 0.3 is 0 Å². The Morgan fingerprint density at radius 3 is 2.52 bits per heavy atom. The minimum atomic E-state index is -0.388. The monoisotopic (exact) mass is 333 g/mol. The zero-order valence-electron chi connectivity index (χ0n) is 13.9. The molecule has 0 atom stereocenters. The molecule has 0 aliphatic rings. The lowest BCUT2D eigenvalue weighted by Gasteiger charge is -2.12. The van der Waals surface area contributed by atoms with Crippen LogP contribution >= 0.6 is 0 Å². The highest BCUT2D eigenvalue weighted by Crippen LogP contribution is 2.30. The lowest BCUT2D eigenvalue weighted by molar-refractivity contribution is 0.630. The zero-order valence-corrected chi connectivity index (χ0v) is 13.9. The minimum Gasteiger partial charge on any atom is -0.340 e. The highest BCUT2D eigenvalue weighted by atomic mass is 19.1. The van der Waals surface area contributed by atoms with Gasteiger partial charge in [-0.15, -0.1) is 0 Å². The first-order valence-corrected chi connectivity index (χ1v) is 7.97. The van der Waals surface area contributed by atoms with E-state index >= 15 is 0 Å². The molecule has 0 bridgehead atoms. The van der Waals surface area contributed by atoms with E-state index in [1.165, 1.54) is 12.1 Å². The Labute approximate surface area is 143 Å². The summed E-state index contributed by atoms with van der Waals surface area (Å²) in [6.45, 7) is 4.05. The van der Waals surface area contributed by atoms with Crippen molar-refractivity contribution in [1.82, 2.24) is 9.97 Å². The first kappa shape index (κ1) is 15.3. The Morgan fingerprint density at radius 1 is 1.00 bits per heavy atom. The summed E-state index contributed by atoms with van der Waals surface area (Å²) in [6, 6.07) is 12.2. The van der Waals surface area contributed by atoms with E-state index < -0.39 is 0 Å².